The van der Waals surface area contributed by atoms with Crippen molar-refractivity contribution >= 4 is 34.9 Å². The van der Waals surface area contributed by atoms with Gasteiger partial charge in [0.15, 0.2) is 0 Å². The van der Waals surface area contributed by atoms with Crippen LogP contribution in [0.3, 0.4) is 0 Å². The van der Waals surface area contributed by atoms with Gasteiger partial charge in [-0.15, -0.1) is 0 Å². The molecule has 2 rings (SSSR count). The van der Waals surface area contributed by atoms with Crippen LogP contribution in [0.15, 0.2) is 48.5 Å². The molecule has 0 aliphatic carbocycles. The summed E-state index contributed by atoms with van der Waals surface area (Å²) in [6, 6.07) is 17.0. The van der Waals surface area contributed by atoms with Gasteiger partial charge in [0.1, 0.15) is 0 Å². The van der Waals surface area contributed by atoms with Crippen LogP contribution in [0.25, 0.3) is 11.6 Å². The summed E-state index contributed by atoms with van der Waals surface area (Å²) < 4.78 is 0. The lowest BCUT2D eigenvalue weighted by atomic mass is 10.0. The molecule has 0 aliphatic rings. The first-order valence-corrected chi connectivity index (χ1v) is 6.08. The Balaban J connectivity index is 2.43. The molecule has 0 saturated carbocycles. The fraction of sp³-hybridized carbons (Fsp3) is 0. The summed E-state index contributed by atoms with van der Waals surface area (Å²) >= 11 is 11.8. The van der Waals surface area contributed by atoms with Crippen molar-refractivity contribution < 1.29 is 0 Å². The highest BCUT2D eigenvalue weighted by atomic mass is 35.5. The third-order valence-electron chi connectivity index (χ3n) is 2.46. The Bertz CT molecular complexity index is 625. The lowest BCUT2D eigenvalue weighted by Crippen LogP contribution is -1.82. The van der Waals surface area contributed by atoms with Crippen molar-refractivity contribution in [3.05, 3.63) is 69.7 Å². The summed E-state index contributed by atoms with van der Waals surface area (Å²) in [6.45, 7) is 0. The van der Waals surface area contributed by atoms with E-state index in [1.165, 1.54) is 0 Å². The van der Waals surface area contributed by atoms with E-state index in [1.807, 2.05) is 36.4 Å². The molecule has 0 bridgehead atoms. The van der Waals surface area contributed by atoms with E-state index in [2.05, 4.69) is 6.07 Å². The highest BCUT2D eigenvalue weighted by Gasteiger charge is 2.04. The maximum atomic E-state index is 9.21. The average Bonchev–Trinajstić information content (AvgIpc) is 2.40. The van der Waals surface area contributed by atoms with Crippen molar-refractivity contribution in [1.82, 2.24) is 0 Å². The third-order valence-corrected chi connectivity index (χ3v) is 3.20. The Kier molecular flexibility index (Phi) is 4.04. The summed E-state index contributed by atoms with van der Waals surface area (Å²) in [5, 5.41) is 10.1. The quantitative estimate of drug-likeness (QED) is 0.554. The van der Waals surface area contributed by atoms with E-state index in [0.29, 0.717) is 15.6 Å². The molecule has 2 aromatic carbocycles. The molecular formula is C15H9Cl2N. The SMILES string of the molecule is N#C/C(=C\c1ccccc1)c1ccc(Cl)c(Cl)c1. The molecule has 88 valence electrons. The van der Waals surface area contributed by atoms with Crippen molar-refractivity contribution in [1.29, 1.82) is 5.26 Å². The minimum atomic E-state index is 0.448. The number of hydrogen-bond acceptors (Lipinski definition) is 1. The van der Waals surface area contributed by atoms with E-state index in [4.69, 9.17) is 23.2 Å². The zero-order chi connectivity index (χ0) is 13.0. The molecule has 1 nitrogen and oxygen atoms in total. The van der Waals surface area contributed by atoms with Gasteiger partial charge in [-0.2, -0.15) is 5.26 Å². The van der Waals surface area contributed by atoms with E-state index in [1.54, 1.807) is 18.2 Å². The summed E-state index contributed by atoms with van der Waals surface area (Å²) in [4.78, 5) is 0. The number of nitriles is 1. The molecule has 0 amide bonds. The Labute approximate surface area is 116 Å². The zero-order valence-electron chi connectivity index (χ0n) is 9.40. The minimum absolute atomic E-state index is 0.448. The second-order valence-corrected chi connectivity index (χ2v) is 4.52. The van der Waals surface area contributed by atoms with Gasteiger partial charge in [0.05, 0.1) is 21.7 Å². The molecule has 0 aliphatic heterocycles. The molecule has 0 unspecified atom stereocenters. The third kappa shape index (κ3) is 2.92. The van der Waals surface area contributed by atoms with Crippen molar-refractivity contribution in [3.8, 4) is 6.07 Å². The van der Waals surface area contributed by atoms with Gasteiger partial charge < -0.3 is 0 Å². The van der Waals surface area contributed by atoms with Crippen LogP contribution in [0.4, 0.5) is 0 Å². The molecule has 2 aromatic rings. The van der Waals surface area contributed by atoms with E-state index in [-0.39, 0.29) is 0 Å². The molecule has 0 aromatic heterocycles. The van der Waals surface area contributed by atoms with Crippen molar-refractivity contribution in [3.63, 3.8) is 0 Å². The first kappa shape index (κ1) is 12.7. The van der Waals surface area contributed by atoms with Crippen LogP contribution in [0, 0.1) is 11.3 Å². The monoisotopic (exact) mass is 273 g/mol. The molecular weight excluding hydrogens is 265 g/mol. The lowest BCUT2D eigenvalue weighted by molar-refractivity contribution is 1.52. The minimum Gasteiger partial charge on any atom is -0.192 e. The smallest absolute Gasteiger partial charge is 0.0998 e. The van der Waals surface area contributed by atoms with Gasteiger partial charge in [-0.3, -0.25) is 0 Å². The number of hydrogen-bond donors (Lipinski definition) is 0. The standard InChI is InChI=1S/C15H9Cl2N/c16-14-7-6-12(9-15(14)17)13(10-18)8-11-4-2-1-3-5-11/h1-9H/b13-8+. The van der Waals surface area contributed by atoms with Crippen molar-refractivity contribution in [2.75, 3.05) is 0 Å². The normalized spacial score (nSPS) is 11.1. The van der Waals surface area contributed by atoms with Crippen LogP contribution in [0.2, 0.25) is 10.0 Å². The Morgan fingerprint density at radius 1 is 1.00 bits per heavy atom. The number of benzene rings is 2. The predicted molar refractivity (Wildman–Crippen MR) is 76.4 cm³/mol. The molecule has 0 N–H and O–H groups in total. The maximum absolute atomic E-state index is 9.21. The van der Waals surface area contributed by atoms with Crippen LogP contribution >= 0.6 is 23.2 Å². The van der Waals surface area contributed by atoms with Crippen LogP contribution < -0.4 is 0 Å². The van der Waals surface area contributed by atoms with Crippen LogP contribution in [0.5, 0.6) is 0 Å². The molecule has 0 saturated heterocycles. The average molecular weight is 274 g/mol. The number of nitrogens with zero attached hydrogens (tertiary/aromatic N) is 1. The topological polar surface area (TPSA) is 23.8 Å². The summed E-state index contributed by atoms with van der Waals surface area (Å²) in [5.41, 5.74) is 2.29. The van der Waals surface area contributed by atoms with Gasteiger partial charge >= 0.3 is 0 Å². The maximum Gasteiger partial charge on any atom is 0.0998 e. The second kappa shape index (κ2) is 5.73. The molecule has 0 spiro atoms. The zero-order valence-corrected chi connectivity index (χ0v) is 10.9. The van der Waals surface area contributed by atoms with Crippen LogP contribution in [-0.4, -0.2) is 0 Å². The lowest BCUT2D eigenvalue weighted by Gasteiger charge is -2.02. The van der Waals surface area contributed by atoms with Crippen LogP contribution in [0.1, 0.15) is 11.1 Å². The Hall–Kier alpha value is -1.75. The van der Waals surface area contributed by atoms with E-state index >= 15 is 0 Å². The highest BCUT2D eigenvalue weighted by molar-refractivity contribution is 6.42. The summed E-state index contributed by atoms with van der Waals surface area (Å²) in [5.74, 6) is 0. The molecule has 0 atom stereocenters. The van der Waals surface area contributed by atoms with Crippen molar-refractivity contribution in [2.24, 2.45) is 0 Å². The number of allylic oxidation sites excluding steroid dienone is 1. The molecule has 0 fully saturated rings. The van der Waals surface area contributed by atoms with E-state index in [9.17, 15) is 5.26 Å². The van der Waals surface area contributed by atoms with Gasteiger partial charge in [-0.1, -0.05) is 59.6 Å². The fourth-order valence-electron chi connectivity index (χ4n) is 1.56. The fourth-order valence-corrected chi connectivity index (χ4v) is 1.86. The predicted octanol–water partition coefficient (Wildman–Crippen LogP) is 5.06. The number of halogens is 2. The summed E-state index contributed by atoms with van der Waals surface area (Å²) in [7, 11) is 0. The molecule has 0 heterocycles. The van der Waals surface area contributed by atoms with Gasteiger partial charge in [0.2, 0.25) is 0 Å². The highest BCUT2D eigenvalue weighted by Crippen LogP contribution is 2.26. The Morgan fingerprint density at radius 2 is 1.72 bits per heavy atom. The summed E-state index contributed by atoms with van der Waals surface area (Å²) in [6.07, 6.45) is 1.82. The van der Waals surface area contributed by atoms with Crippen molar-refractivity contribution in [2.45, 2.75) is 0 Å². The van der Waals surface area contributed by atoms with Gasteiger partial charge in [-0.05, 0) is 29.3 Å². The number of rotatable bonds is 2. The largest absolute Gasteiger partial charge is 0.192 e. The first-order chi connectivity index (χ1) is 8.70. The molecule has 18 heavy (non-hydrogen) atoms. The molecule has 0 radical (unpaired) electrons. The van der Waals surface area contributed by atoms with Gasteiger partial charge in [0, 0.05) is 0 Å². The van der Waals surface area contributed by atoms with Gasteiger partial charge in [-0.25, -0.2) is 0 Å². The van der Waals surface area contributed by atoms with Gasteiger partial charge in [0.25, 0.3) is 0 Å². The van der Waals surface area contributed by atoms with E-state index in [0.717, 1.165) is 11.1 Å². The van der Waals surface area contributed by atoms with E-state index < -0.39 is 0 Å². The first-order valence-electron chi connectivity index (χ1n) is 5.33. The Morgan fingerprint density at radius 3 is 2.33 bits per heavy atom. The second-order valence-electron chi connectivity index (χ2n) is 3.71. The van der Waals surface area contributed by atoms with Crippen LogP contribution in [-0.2, 0) is 0 Å². The molecule has 3 heteroatoms.